The van der Waals surface area contributed by atoms with Crippen molar-refractivity contribution in [2.45, 2.75) is 13.8 Å². The molecule has 0 fully saturated rings. The van der Waals surface area contributed by atoms with E-state index in [1.54, 1.807) is 37.3 Å². The lowest BCUT2D eigenvalue weighted by Gasteiger charge is -2.12. The van der Waals surface area contributed by atoms with Gasteiger partial charge in [0.05, 0.1) is 16.8 Å². The van der Waals surface area contributed by atoms with E-state index in [1.165, 1.54) is 24.5 Å². The molecule has 0 aliphatic heterocycles. The summed E-state index contributed by atoms with van der Waals surface area (Å²) < 4.78 is 62.9. The highest BCUT2D eigenvalue weighted by Crippen LogP contribution is 2.25. The Labute approximate surface area is 189 Å². The Hall–Kier alpha value is -4.07. The van der Waals surface area contributed by atoms with E-state index in [0.717, 1.165) is 15.1 Å². The molecular weight excluding hydrogens is 390 g/mol. The summed E-state index contributed by atoms with van der Waals surface area (Å²) in [6.07, 6.45) is 2.87. The summed E-state index contributed by atoms with van der Waals surface area (Å²) in [6.45, 7) is -6.43. The van der Waals surface area contributed by atoms with Gasteiger partial charge in [-0.25, -0.2) is 4.98 Å². The number of nitrogens with zero attached hydrogens (tertiary/aromatic N) is 6. The van der Waals surface area contributed by atoms with Crippen molar-refractivity contribution in [3.63, 3.8) is 0 Å². The van der Waals surface area contributed by atoms with Crippen LogP contribution in [0.15, 0.2) is 59.7 Å². The van der Waals surface area contributed by atoms with Gasteiger partial charge >= 0.3 is 0 Å². The second-order valence-corrected chi connectivity index (χ2v) is 6.91. The van der Waals surface area contributed by atoms with E-state index in [0.29, 0.717) is 22.2 Å². The number of aromatic nitrogens is 6. The Bertz CT molecular complexity index is 1770. The molecule has 4 aromatic heterocycles. The lowest BCUT2D eigenvalue weighted by molar-refractivity contribution is 0.780. The zero-order valence-corrected chi connectivity index (χ0v) is 16.3. The number of hydrogen-bond donors (Lipinski definition) is 1. The smallest absolute Gasteiger partial charge is 0.281 e. The van der Waals surface area contributed by atoms with E-state index in [4.69, 9.17) is 11.0 Å². The fourth-order valence-electron chi connectivity index (χ4n) is 3.41. The number of rotatable bonds is 4. The van der Waals surface area contributed by atoms with Crippen LogP contribution in [0.4, 0.5) is 5.82 Å². The lowest BCUT2D eigenvalue weighted by atomic mass is 10.1. The molecule has 0 aliphatic rings. The molecule has 0 saturated carbocycles. The van der Waals surface area contributed by atoms with Crippen LogP contribution in [0.2, 0.25) is 0 Å². The van der Waals surface area contributed by atoms with Gasteiger partial charge in [-0.05, 0) is 50.2 Å². The quantitative estimate of drug-likeness (QED) is 0.480. The van der Waals surface area contributed by atoms with Crippen LogP contribution in [-0.2, 0) is 6.98 Å². The molecule has 0 amide bonds. The molecule has 5 aromatic rings. The SMILES string of the molecule is [2H]C([2H])([2H])n1cc2cc(-n3nc4ccc(NC([2H])([2H])C([2H])([2H])[2H])nc4c(-c4ccc(C)nc4)c3=O)ccc2n1. The zero-order chi connectivity index (χ0) is 28.3. The van der Waals surface area contributed by atoms with E-state index in [9.17, 15) is 4.79 Å². The van der Waals surface area contributed by atoms with Gasteiger partial charge in [0, 0.05) is 53.5 Å². The Kier molecular flexibility index (Phi) is 2.82. The van der Waals surface area contributed by atoms with Crippen molar-refractivity contribution in [2.75, 3.05) is 11.8 Å². The molecular formula is C23H21N7O. The Morgan fingerprint density at radius 1 is 1.13 bits per heavy atom. The van der Waals surface area contributed by atoms with Gasteiger partial charge in [0.1, 0.15) is 16.9 Å². The number of pyridine rings is 2. The number of aryl methyl sites for hydroxylation is 2. The monoisotopic (exact) mass is 419 g/mol. The van der Waals surface area contributed by atoms with Gasteiger partial charge in [-0.1, -0.05) is 6.07 Å². The Balaban J connectivity index is 1.72. The zero-order valence-electron chi connectivity index (χ0n) is 24.3. The average molecular weight is 420 g/mol. The highest BCUT2D eigenvalue weighted by Gasteiger charge is 2.17. The van der Waals surface area contributed by atoms with Crippen LogP contribution >= 0.6 is 0 Å². The van der Waals surface area contributed by atoms with E-state index < -0.39 is 25.9 Å². The van der Waals surface area contributed by atoms with Crippen molar-refractivity contribution in [2.24, 2.45) is 6.98 Å². The molecule has 31 heavy (non-hydrogen) atoms. The number of benzene rings is 1. The number of fused-ring (bicyclic) bond motifs is 2. The molecule has 1 N–H and O–H groups in total. The predicted molar refractivity (Wildman–Crippen MR) is 122 cm³/mol. The second-order valence-electron chi connectivity index (χ2n) is 6.91. The molecule has 8 heteroatoms. The summed E-state index contributed by atoms with van der Waals surface area (Å²) in [5.74, 6) is -0.0950. The summed E-state index contributed by atoms with van der Waals surface area (Å²) in [5, 5.41) is 11.3. The maximum atomic E-state index is 13.9. The van der Waals surface area contributed by atoms with Crippen LogP contribution in [0.5, 0.6) is 0 Å². The highest BCUT2D eigenvalue weighted by molar-refractivity contribution is 5.91. The van der Waals surface area contributed by atoms with Gasteiger partial charge in [-0.15, -0.1) is 0 Å². The van der Waals surface area contributed by atoms with Crippen molar-refractivity contribution in [1.29, 1.82) is 0 Å². The minimum absolute atomic E-state index is 0.0950. The van der Waals surface area contributed by atoms with Crippen LogP contribution in [0.3, 0.4) is 0 Å². The molecule has 0 radical (unpaired) electrons. The van der Waals surface area contributed by atoms with Crippen molar-refractivity contribution in [3.05, 3.63) is 70.9 Å². The van der Waals surface area contributed by atoms with Crippen LogP contribution in [0.1, 0.15) is 23.5 Å². The average Bonchev–Trinajstić information content (AvgIpc) is 3.28. The van der Waals surface area contributed by atoms with Gasteiger partial charge in [-0.3, -0.25) is 14.5 Å². The molecule has 0 atom stereocenters. The first-order valence-electron chi connectivity index (χ1n) is 13.3. The lowest BCUT2D eigenvalue weighted by Crippen LogP contribution is -2.23. The van der Waals surface area contributed by atoms with Gasteiger partial charge in [-0.2, -0.15) is 14.9 Å². The fraction of sp³-hybridized carbons (Fsp3) is 0.174. The summed E-state index contributed by atoms with van der Waals surface area (Å²) in [7, 11) is 0. The van der Waals surface area contributed by atoms with Crippen molar-refractivity contribution in [1.82, 2.24) is 29.5 Å². The number of nitrogens with one attached hydrogen (secondary N) is 1. The van der Waals surface area contributed by atoms with E-state index in [-0.39, 0.29) is 22.4 Å². The second kappa shape index (κ2) is 7.32. The molecule has 4 heterocycles. The molecule has 154 valence electrons. The summed E-state index contributed by atoms with van der Waals surface area (Å²) >= 11 is 0. The normalized spacial score (nSPS) is 16.4. The van der Waals surface area contributed by atoms with Crippen LogP contribution < -0.4 is 10.9 Å². The molecule has 8 nitrogen and oxygen atoms in total. The van der Waals surface area contributed by atoms with Gasteiger partial charge < -0.3 is 5.32 Å². The molecule has 0 aliphatic carbocycles. The largest absolute Gasteiger partial charge is 0.370 e. The molecule has 0 unspecified atom stereocenters. The minimum Gasteiger partial charge on any atom is -0.370 e. The molecule has 1 aromatic carbocycles. The number of anilines is 1. The summed E-state index contributed by atoms with van der Waals surface area (Å²) in [5.41, 5.74) is 1.84. The van der Waals surface area contributed by atoms with Crippen molar-refractivity contribution >= 4 is 27.8 Å². The summed E-state index contributed by atoms with van der Waals surface area (Å²) in [6, 6.07) is 11.0. The van der Waals surface area contributed by atoms with Crippen LogP contribution in [0, 0.1) is 6.92 Å². The predicted octanol–water partition coefficient (Wildman–Crippen LogP) is 3.47. The molecule has 5 rings (SSSR count). The first-order valence-corrected chi connectivity index (χ1v) is 9.30. The van der Waals surface area contributed by atoms with Gasteiger partial charge in [0.2, 0.25) is 0 Å². The minimum atomic E-state index is -2.97. The van der Waals surface area contributed by atoms with E-state index >= 15 is 0 Å². The Morgan fingerprint density at radius 2 is 2.03 bits per heavy atom. The first-order chi connectivity index (χ1) is 18.1. The van der Waals surface area contributed by atoms with Crippen molar-refractivity contribution < 1.29 is 11.0 Å². The third-order valence-electron chi connectivity index (χ3n) is 4.85. The fourth-order valence-corrected chi connectivity index (χ4v) is 3.41. The van der Waals surface area contributed by atoms with Crippen LogP contribution in [-0.4, -0.2) is 36.0 Å². The maximum absolute atomic E-state index is 13.9. The third-order valence-corrected chi connectivity index (χ3v) is 4.85. The first kappa shape index (κ1) is 11.9. The van der Waals surface area contributed by atoms with Gasteiger partial charge in [0.15, 0.2) is 0 Å². The highest BCUT2D eigenvalue weighted by atomic mass is 16.1. The van der Waals surface area contributed by atoms with Crippen molar-refractivity contribution in [3.8, 4) is 16.8 Å². The molecule has 0 saturated heterocycles. The Morgan fingerprint density at radius 3 is 2.84 bits per heavy atom. The molecule has 0 spiro atoms. The maximum Gasteiger partial charge on any atom is 0.281 e. The standard InChI is InChI=1S/C23H21N7O/c1-4-24-20-10-9-19-22(26-20)21(15-6-5-14(2)25-12-15)23(31)30(28-19)17-7-8-18-16(11-17)13-29(3)27-18/h5-13H,4H2,1-3H3,(H,24,26)/i1D3,3D3,4D2. The number of hydrogen-bond acceptors (Lipinski definition) is 6. The summed E-state index contributed by atoms with van der Waals surface area (Å²) in [4.78, 5) is 22.5. The van der Waals surface area contributed by atoms with E-state index in [1.807, 2.05) is 0 Å². The van der Waals surface area contributed by atoms with E-state index in [2.05, 4.69) is 25.5 Å². The third kappa shape index (κ3) is 3.31. The van der Waals surface area contributed by atoms with Crippen LogP contribution in [0.25, 0.3) is 38.8 Å². The molecule has 0 bridgehead atoms. The van der Waals surface area contributed by atoms with Gasteiger partial charge in [0.25, 0.3) is 5.56 Å². The topological polar surface area (TPSA) is 90.5 Å².